The summed E-state index contributed by atoms with van der Waals surface area (Å²) in [6.07, 6.45) is 0.729. The fourth-order valence-corrected chi connectivity index (χ4v) is 3.70. The molecule has 2 bridgehead atoms. The van der Waals surface area contributed by atoms with Crippen LogP contribution in [0.4, 0.5) is 4.79 Å². The van der Waals surface area contributed by atoms with Gasteiger partial charge in [0.1, 0.15) is 6.04 Å². The van der Waals surface area contributed by atoms with Crippen LogP contribution in [-0.2, 0) is 24.3 Å². The summed E-state index contributed by atoms with van der Waals surface area (Å²) in [5.41, 5.74) is 2.28. The van der Waals surface area contributed by atoms with Crippen molar-refractivity contribution in [3.8, 4) is 0 Å². The molecule has 142 valence electrons. The van der Waals surface area contributed by atoms with Gasteiger partial charge in [-0.1, -0.05) is 0 Å². The van der Waals surface area contributed by atoms with E-state index in [1.165, 1.54) is 4.90 Å². The number of hydrogen-bond donors (Lipinski definition) is 4. The predicted molar refractivity (Wildman–Crippen MR) is 79.9 cm³/mol. The van der Waals surface area contributed by atoms with Gasteiger partial charge in [0.2, 0.25) is 0 Å². The van der Waals surface area contributed by atoms with Crippen LogP contribution in [0.25, 0.3) is 0 Å². The molecule has 0 radical (unpaired) electrons. The SMILES string of the molecule is O=C(NOC[C@@H]1CC(O)CN1)[C@@H]1CC[C@@H]2CN1C(=O)N2OS(=O)(=O)O. The molecular formula is C12H20N4O8S. The van der Waals surface area contributed by atoms with E-state index in [1.807, 2.05) is 0 Å². The summed E-state index contributed by atoms with van der Waals surface area (Å²) in [5, 5.41) is 13.0. The molecule has 0 saturated carbocycles. The van der Waals surface area contributed by atoms with Gasteiger partial charge in [0.15, 0.2) is 0 Å². The molecule has 3 amide bonds. The fraction of sp³-hybridized carbons (Fsp3) is 0.833. The summed E-state index contributed by atoms with van der Waals surface area (Å²) in [6, 6.07) is -2.25. The third-order valence-corrected chi connectivity index (χ3v) is 4.81. The molecule has 0 spiro atoms. The molecule has 1 unspecified atom stereocenters. The zero-order valence-corrected chi connectivity index (χ0v) is 14.0. The zero-order valence-electron chi connectivity index (χ0n) is 13.2. The van der Waals surface area contributed by atoms with Gasteiger partial charge in [-0.3, -0.25) is 14.2 Å². The number of aliphatic hydroxyl groups excluding tert-OH is 1. The van der Waals surface area contributed by atoms with Gasteiger partial charge < -0.3 is 15.3 Å². The Hall–Kier alpha value is -1.51. The van der Waals surface area contributed by atoms with Crippen molar-refractivity contribution in [3.63, 3.8) is 0 Å². The molecule has 3 saturated heterocycles. The van der Waals surface area contributed by atoms with Crippen molar-refractivity contribution in [2.45, 2.75) is 43.5 Å². The molecule has 12 nitrogen and oxygen atoms in total. The number of fused-ring (bicyclic) bond motifs is 2. The Morgan fingerprint density at radius 1 is 1.40 bits per heavy atom. The highest BCUT2D eigenvalue weighted by atomic mass is 32.3. The fourth-order valence-electron chi connectivity index (χ4n) is 3.31. The molecule has 3 aliphatic heterocycles. The summed E-state index contributed by atoms with van der Waals surface area (Å²) in [5.74, 6) is -0.529. The summed E-state index contributed by atoms with van der Waals surface area (Å²) in [4.78, 5) is 30.7. The molecule has 3 rings (SSSR count). The molecule has 0 aromatic rings. The van der Waals surface area contributed by atoms with E-state index in [9.17, 15) is 23.1 Å². The van der Waals surface area contributed by atoms with E-state index in [1.54, 1.807) is 0 Å². The van der Waals surface area contributed by atoms with E-state index in [-0.39, 0.29) is 19.2 Å². The van der Waals surface area contributed by atoms with Gasteiger partial charge in [-0.15, -0.1) is 4.28 Å². The van der Waals surface area contributed by atoms with Gasteiger partial charge in [0, 0.05) is 19.1 Å². The summed E-state index contributed by atoms with van der Waals surface area (Å²) >= 11 is 0. The molecule has 4 atom stereocenters. The summed E-state index contributed by atoms with van der Waals surface area (Å²) in [7, 11) is -4.82. The number of rotatable bonds is 6. The van der Waals surface area contributed by atoms with Crippen molar-refractivity contribution in [2.75, 3.05) is 19.7 Å². The van der Waals surface area contributed by atoms with Crippen molar-refractivity contribution >= 4 is 22.3 Å². The van der Waals surface area contributed by atoms with Crippen molar-refractivity contribution in [1.29, 1.82) is 0 Å². The topological polar surface area (TPSA) is 158 Å². The predicted octanol–water partition coefficient (Wildman–Crippen LogP) is -2.24. The maximum atomic E-state index is 12.2. The van der Waals surface area contributed by atoms with Gasteiger partial charge in [0.25, 0.3) is 5.91 Å². The van der Waals surface area contributed by atoms with E-state index in [0.29, 0.717) is 30.9 Å². The lowest BCUT2D eigenvalue weighted by Gasteiger charge is -2.29. The Balaban J connectivity index is 1.52. The highest BCUT2D eigenvalue weighted by molar-refractivity contribution is 7.80. The average Bonchev–Trinajstić information content (AvgIpc) is 3.04. The highest BCUT2D eigenvalue weighted by Gasteiger charge is 2.49. The Bertz CT molecular complexity index is 643. The van der Waals surface area contributed by atoms with Crippen LogP contribution in [0.5, 0.6) is 0 Å². The smallest absolute Gasteiger partial charge is 0.392 e. The zero-order chi connectivity index (χ0) is 18.2. The lowest BCUT2D eigenvalue weighted by atomic mass is 10.0. The van der Waals surface area contributed by atoms with E-state index < -0.39 is 40.5 Å². The minimum Gasteiger partial charge on any atom is -0.392 e. The van der Waals surface area contributed by atoms with Crippen LogP contribution < -0.4 is 10.8 Å². The monoisotopic (exact) mass is 380 g/mol. The molecule has 25 heavy (non-hydrogen) atoms. The Labute approximate surface area is 143 Å². The number of β-amino-alcohol motifs (C(OH)–C–C–N with tert-alkyl or cyclic N) is 1. The minimum atomic E-state index is -4.82. The molecule has 3 fully saturated rings. The second-order valence-corrected chi connectivity index (χ2v) is 7.29. The maximum Gasteiger partial charge on any atom is 0.418 e. The largest absolute Gasteiger partial charge is 0.418 e. The van der Waals surface area contributed by atoms with Crippen LogP contribution in [0.15, 0.2) is 0 Å². The molecule has 0 aliphatic carbocycles. The molecule has 3 aliphatic rings. The van der Waals surface area contributed by atoms with Gasteiger partial charge in [0.05, 0.1) is 18.8 Å². The number of nitrogens with one attached hydrogen (secondary N) is 2. The molecule has 3 heterocycles. The van der Waals surface area contributed by atoms with Crippen LogP contribution >= 0.6 is 0 Å². The highest BCUT2D eigenvalue weighted by Crippen LogP contribution is 2.30. The van der Waals surface area contributed by atoms with Gasteiger partial charge >= 0.3 is 16.4 Å². The average molecular weight is 380 g/mol. The van der Waals surface area contributed by atoms with Crippen LogP contribution in [0, 0.1) is 0 Å². The molecule has 4 N–H and O–H groups in total. The van der Waals surface area contributed by atoms with Crippen molar-refractivity contribution in [2.24, 2.45) is 0 Å². The number of carbonyl (C=O) groups is 2. The number of carbonyl (C=O) groups excluding carboxylic acids is 2. The maximum absolute atomic E-state index is 12.2. The van der Waals surface area contributed by atoms with Crippen LogP contribution in [0.2, 0.25) is 0 Å². The molecular weight excluding hydrogens is 360 g/mol. The number of piperidine rings is 1. The van der Waals surface area contributed by atoms with Crippen LogP contribution in [0.1, 0.15) is 19.3 Å². The first-order valence-corrected chi connectivity index (χ1v) is 9.21. The van der Waals surface area contributed by atoms with E-state index in [4.69, 9.17) is 9.39 Å². The Morgan fingerprint density at radius 3 is 2.80 bits per heavy atom. The van der Waals surface area contributed by atoms with E-state index >= 15 is 0 Å². The van der Waals surface area contributed by atoms with Gasteiger partial charge in [-0.2, -0.15) is 13.5 Å². The van der Waals surface area contributed by atoms with Crippen molar-refractivity contribution < 1.29 is 36.8 Å². The number of nitrogens with zero attached hydrogens (tertiary/aromatic N) is 2. The van der Waals surface area contributed by atoms with Crippen LogP contribution in [-0.4, -0.2) is 83.9 Å². The molecule has 0 aromatic heterocycles. The second-order valence-electron chi connectivity index (χ2n) is 6.28. The first-order valence-electron chi connectivity index (χ1n) is 7.84. The summed E-state index contributed by atoms with van der Waals surface area (Å²) in [6.45, 7) is 0.755. The lowest BCUT2D eigenvalue weighted by Crippen LogP contribution is -2.50. The number of hydroxylamine groups is 3. The van der Waals surface area contributed by atoms with Crippen molar-refractivity contribution in [3.05, 3.63) is 0 Å². The quantitative estimate of drug-likeness (QED) is 0.295. The van der Waals surface area contributed by atoms with E-state index in [0.717, 1.165) is 0 Å². The number of aliphatic hydroxyl groups is 1. The first kappa shape index (κ1) is 18.3. The van der Waals surface area contributed by atoms with E-state index in [2.05, 4.69) is 15.1 Å². The third-order valence-electron chi connectivity index (χ3n) is 4.46. The summed E-state index contributed by atoms with van der Waals surface area (Å²) < 4.78 is 34.7. The Kier molecular flexibility index (Phi) is 5.13. The second kappa shape index (κ2) is 7.01. The first-order chi connectivity index (χ1) is 11.7. The standard InChI is InChI=1S/C12H20N4O8S/c17-9-3-7(13-4-9)6-23-14-11(18)10-2-1-8-5-15(10)12(19)16(8)24-25(20,21)22/h7-10,13,17H,1-6H2,(H,14,18)(H,20,21,22)/t7-,8+,9?,10-/m0/s1. The van der Waals surface area contributed by atoms with Crippen LogP contribution in [0.3, 0.4) is 0 Å². The lowest BCUT2D eigenvalue weighted by molar-refractivity contribution is -0.139. The molecule has 13 heteroatoms. The van der Waals surface area contributed by atoms with Gasteiger partial charge in [-0.05, 0) is 19.3 Å². The van der Waals surface area contributed by atoms with Crippen molar-refractivity contribution in [1.82, 2.24) is 20.8 Å². The Morgan fingerprint density at radius 2 is 2.16 bits per heavy atom. The number of amides is 3. The minimum absolute atomic E-state index is 0.0712. The normalized spacial score (nSPS) is 32.3. The third kappa shape index (κ3) is 4.19. The number of urea groups is 1. The molecule has 0 aromatic carbocycles. The number of hydrogen-bond acceptors (Lipinski definition) is 8. The van der Waals surface area contributed by atoms with Gasteiger partial charge in [-0.25, -0.2) is 10.3 Å².